The molecular weight excluding hydrogens is 274 g/mol. The number of rotatable bonds is 4. The summed E-state index contributed by atoms with van der Waals surface area (Å²) < 4.78 is 28.5. The van der Waals surface area contributed by atoms with E-state index in [2.05, 4.69) is 0 Å². The van der Waals surface area contributed by atoms with Gasteiger partial charge in [-0.25, -0.2) is 8.42 Å². The highest BCUT2D eigenvalue weighted by molar-refractivity contribution is 7.90. The number of para-hydroxylation sites is 1. The predicted octanol–water partition coefficient (Wildman–Crippen LogP) is 2.90. The zero-order valence-electron chi connectivity index (χ0n) is 11.4. The molecule has 2 rings (SSSR count). The topological polar surface area (TPSA) is 69.4 Å². The molecule has 20 heavy (non-hydrogen) atoms. The molecule has 0 radical (unpaired) electrons. The van der Waals surface area contributed by atoms with Crippen LogP contribution in [0, 0.1) is 0 Å². The van der Waals surface area contributed by atoms with Crippen molar-refractivity contribution in [2.45, 2.75) is 17.9 Å². The van der Waals surface area contributed by atoms with Crippen molar-refractivity contribution in [2.24, 2.45) is 5.73 Å². The van der Waals surface area contributed by atoms with Gasteiger partial charge in [0.25, 0.3) is 0 Å². The van der Waals surface area contributed by atoms with Gasteiger partial charge in [-0.1, -0.05) is 18.2 Å². The monoisotopic (exact) mass is 291 g/mol. The fourth-order valence-corrected chi connectivity index (χ4v) is 2.46. The van der Waals surface area contributed by atoms with Gasteiger partial charge >= 0.3 is 0 Å². The van der Waals surface area contributed by atoms with Gasteiger partial charge in [0.15, 0.2) is 9.84 Å². The summed E-state index contributed by atoms with van der Waals surface area (Å²) in [6.07, 6.45) is 1.17. The first-order chi connectivity index (χ1) is 9.38. The molecule has 106 valence electrons. The van der Waals surface area contributed by atoms with Crippen molar-refractivity contribution < 1.29 is 13.2 Å². The second-order valence-electron chi connectivity index (χ2n) is 4.67. The molecule has 0 aliphatic carbocycles. The summed E-state index contributed by atoms with van der Waals surface area (Å²) in [5, 5.41) is 0. The normalized spacial score (nSPS) is 12.9. The zero-order chi connectivity index (χ0) is 14.8. The molecule has 2 aromatic rings. The van der Waals surface area contributed by atoms with E-state index >= 15 is 0 Å². The molecule has 2 N–H and O–H groups in total. The lowest BCUT2D eigenvalue weighted by molar-refractivity contribution is 0.471. The van der Waals surface area contributed by atoms with E-state index in [1.165, 1.54) is 18.4 Å². The molecule has 1 atom stereocenters. The van der Waals surface area contributed by atoms with E-state index in [1.54, 1.807) is 12.1 Å². The van der Waals surface area contributed by atoms with Crippen LogP contribution in [-0.2, 0) is 9.84 Å². The van der Waals surface area contributed by atoms with Gasteiger partial charge in [0, 0.05) is 17.9 Å². The number of nitrogens with two attached hydrogens (primary N) is 1. The van der Waals surface area contributed by atoms with Crippen LogP contribution < -0.4 is 10.5 Å². The van der Waals surface area contributed by atoms with Crippen LogP contribution in [0.4, 0.5) is 0 Å². The van der Waals surface area contributed by atoms with Crippen LogP contribution in [0.3, 0.4) is 0 Å². The Labute approximate surface area is 119 Å². The lowest BCUT2D eigenvalue weighted by Crippen LogP contribution is -2.06. The van der Waals surface area contributed by atoms with Gasteiger partial charge in [0.05, 0.1) is 4.90 Å². The Morgan fingerprint density at radius 3 is 2.20 bits per heavy atom. The summed E-state index contributed by atoms with van der Waals surface area (Å²) in [4.78, 5) is 0.269. The highest BCUT2D eigenvalue weighted by Gasteiger charge is 2.10. The van der Waals surface area contributed by atoms with Crippen LogP contribution in [0.5, 0.6) is 11.5 Å². The third-order valence-electron chi connectivity index (χ3n) is 2.89. The fraction of sp³-hybridized carbons (Fsp3) is 0.200. The third-order valence-corrected chi connectivity index (χ3v) is 4.02. The van der Waals surface area contributed by atoms with Crippen LogP contribution in [-0.4, -0.2) is 14.7 Å². The summed E-state index contributed by atoms with van der Waals surface area (Å²) >= 11 is 0. The van der Waals surface area contributed by atoms with Gasteiger partial charge in [-0.3, -0.25) is 0 Å². The van der Waals surface area contributed by atoms with Crippen molar-refractivity contribution in [2.75, 3.05) is 6.26 Å². The minimum Gasteiger partial charge on any atom is -0.457 e. The van der Waals surface area contributed by atoms with Gasteiger partial charge < -0.3 is 10.5 Å². The summed E-state index contributed by atoms with van der Waals surface area (Å²) in [6, 6.07) is 13.7. The summed E-state index contributed by atoms with van der Waals surface area (Å²) in [5.41, 5.74) is 6.79. The van der Waals surface area contributed by atoms with Gasteiger partial charge in [0.2, 0.25) is 0 Å². The van der Waals surface area contributed by atoms with Crippen LogP contribution in [0.1, 0.15) is 18.5 Å². The van der Waals surface area contributed by atoms with E-state index in [0.717, 1.165) is 5.56 Å². The molecule has 0 unspecified atom stereocenters. The minimum absolute atomic E-state index is 0.138. The Bertz CT molecular complexity index is 691. The van der Waals surface area contributed by atoms with Gasteiger partial charge in [-0.05, 0) is 37.3 Å². The zero-order valence-corrected chi connectivity index (χ0v) is 12.2. The molecule has 5 heteroatoms. The number of hydrogen-bond acceptors (Lipinski definition) is 4. The van der Waals surface area contributed by atoms with E-state index < -0.39 is 9.84 Å². The number of benzene rings is 2. The van der Waals surface area contributed by atoms with Gasteiger partial charge in [-0.15, -0.1) is 0 Å². The average Bonchev–Trinajstić information content (AvgIpc) is 2.38. The predicted molar refractivity (Wildman–Crippen MR) is 78.7 cm³/mol. The molecule has 0 amide bonds. The Hall–Kier alpha value is -1.85. The molecule has 0 bridgehead atoms. The number of hydrogen-bond donors (Lipinski definition) is 1. The molecule has 0 aliphatic heterocycles. The summed E-state index contributed by atoms with van der Waals surface area (Å²) in [5.74, 6) is 1.25. The molecule has 0 fully saturated rings. The maximum absolute atomic E-state index is 11.4. The first-order valence-electron chi connectivity index (χ1n) is 6.20. The first-order valence-corrected chi connectivity index (χ1v) is 8.09. The first kappa shape index (κ1) is 14.6. The summed E-state index contributed by atoms with van der Waals surface area (Å²) in [6.45, 7) is 1.88. The minimum atomic E-state index is -3.19. The van der Waals surface area contributed by atoms with E-state index in [1.807, 2.05) is 31.2 Å². The van der Waals surface area contributed by atoms with Crippen molar-refractivity contribution in [3.8, 4) is 11.5 Å². The van der Waals surface area contributed by atoms with Crippen LogP contribution in [0.2, 0.25) is 0 Å². The smallest absolute Gasteiger partial charge is 0.175 e. The maximum atomic E-state index is 11.4. The standard InChI is InChI=1S/C15H17NO3S/c1-11(16)14-5-3-4-6-15(14)19-12-7-9-13(10-8-12)20(2,17)18/h3-11H,16H2,1-2H3/t11-/m1/s1. The van der Waals surface area contributed by atoms with Crippen molar-refractivity contribution in [1.82, 2.24) is 0 Å². The van der Waals surface area contributed by atoms with E-state index in [4.69, 9.17) is 10.5 Å². The van der Waals surface area contributed by atoms with Crippen LogP contribution in [0.25, 0.3) is 0 Å². The molecule has 2 aromatic carbocycles. The van der Waals surface area contributed by atoms with Crippen molar-refractivity contribution in [3.05, 3.63) is 54.1 Å². The van der Waals surface area contributed by atoms with E-state index in [9.17, 15) is 8.42 Å². The Kier molecular flexibility index (Phi) is 4.11. The van der Waals surface area contributed by atoms with Crippen LogP contribution >= 0.6 is 0 Å². The molecular formula is C15H17NO3S. The lowest BCUT2D eigenvalue weighted by atomic mass is 10.1. The van der Waals surface area contributed by atoms with Crippen molar-refractivity contribution in [1.29, 1.82) is 0 Å². The second kappa shape index (κ2) is 5.64. The quantitative estimate of drug-likeness (QED) is 0.940. The molecule has 0 heterocycles. The van der Waals surface area contributed by atoms with Crippen molar-refractivity contribution in [3.63, 3.8) is 0 Å². The molecule has 0 saturated heterocycles. The number of sulfone groups is 1. The lowest BCUT2D eigenvalue weighted by Gasteiger charge is -2.13. The third kappa shape index (κ3) is 3.37. The number of ether oxygens (including phenoxy) is 1. The average molecular weight is 291 g/mol. The molecule has 0 aliphatic rings. The molecule has 0 saturated carbocycles. The highest BCUT2D eigenvalue weighted by atomic mass is 32.2. The Morgan fingerprint density at radius 1 is 1.05 bits per heavy atom. The van der Waals surface area contributed by atoms with Crippen molar-refractivity contribution >= 4 is 9.84 Å². The molecule has 4 nitrogen and oxygen atoms in total. The second-order valence-corrected chi connectivity index (χ2v) is 6.69. The SMILES string of the molecule is C[C@@H](N)c1ccccc1Oc1ccc(S(C)(=O)=O)cc1. The Balaban J connectivity index is 2.27. The fourth-order valence-electron chi connectivity index (χ4n) is 1.83. The maximum Gasteiger partial charge on any atom is 0.175 e. The van der Waals surface area contributed by atoms with Crippen LogP contribution in [0.15, 0.2) is 53.4 Å². The largest absolute Gasteiger partial charge is 0.457 e. The summed E-state index contributed by atoms with van der Waals surface area (Å²) in [7, 11) is -3.19. The van der Waals surface area contributed by atoms with Gasteiger partial charge in [-0.2, -0.15) is 0 Å². The van der Waals surface area contributed by atoms with Gasteiger partial charge in [0.1, 0.15) is 11.5 Å². The Morgan fingerprint density at radius 2 is 1.65 bits per heavy atom. The molecule has 0 aromatic heterocycles. The van der Waals surface area contributed by atoms with E-state index in [0.29, 0.717) is 11.5 Å². The highest BCUT2D eigenvalue weighted by Crippen LogP contribution is 2.29. The van der Waals surface area contributed by atoms with E-state index in [-0.39, 0.29) is 10.9 Å². The molecule has 0 spiro atoms.